The molecule has 1 N–H and O–H groups in total. The van der Waals surface area contributed by atoms with Gasteiger partial charge in [0.25, 0.3) is 0 Å². The Morgan fingerprint density at radius 1 is 1.23 bits per heavy atom. The molecule has 1 aliphatic rings. The van der Waals surface area contributed by atoms with Crippen molar-refractivity contribution in [2.75, 3.05) is 48.1 Å². The van der Waals surface area contributed by atoms with Gasteiger partial charge in [0.2, 0.25) is 0 Å². The van der Waals surface area contributed by atoms with Crippen molar-refractivity contribution < 1.29 is 14.2 Å². The number of nitrogens with one attached hydrogen (secondary N) is 1. The van der Waals surface area contributed by atoms with Crippen molar-refractivity contribution in [1.29, 1.82) is 0 Å². The lowest BCUT2D eigenvalue weighted by Crippen LogP contribution is -2.39. The van der Waals surface area contributed by atoms with E-state index in [-0.39, 0.29) is 24.0 Å². The highest BCUT2D eigenvalue weighted by Gasteiger charge is 2.15. The molecule has 0 atom stereocenters. The van der Waals surface area contributed by atoms with Crippen LogP contribution in [-0.4, -0.2) is 58.9 Å². The zero-order chi connectivity index (χ0) is 18.1. The van der Waals surface area contributed by atoms with E-state index in [2.05, 4.69) is 22.3 Å². The first-order chi connectivity index (χ1) is 12.2. The van der Waals surface area contributed by atoms with Gasteiger partial charge in [-0.25, -0.2) is 0 Å². The van der Waals surface area contributed by atoms with Gasteiger partial charge in [0.15, 0.2) is 17.5 Å². The van der Waals surface area contributed by atoms with E-state index in [1.807, 2.05) is 25.2 Å². The fourth-order valence-corrected chi connectivity index (χ4v) is 3.07. The van der Waals surface area contributed by atoms with Crippen LogP contribution in [0.5, 0.6) is 11.5 Å². The summed E-state index contributed by atoms with van der Waals surface area (Å²) in [6.45, 7) is 3.49. The van der Waals surface area contributed by atoms with Crippen molar-refractivity contribution in [2.24, 2.45) is 10.9 Å². The highest BCUT2D eigenvalue weighted by Crippen LogP contribution is 2.27. The third-order valence-electron chi connectivity index (χ3n) is 4.69. The number of benzene rings is 1. The van der Waals surface area contributed by atoms with Crippen LogP contribution in [0, 0.1) is 5.92 Å². The molecular weight excluding hydrogens is 445 g/mol. The summed E-state index contributed by atoms with van der Waals surface area (Å²) < 4.78 is 16.1. The maximum Gasteiger partial charge on any atom is 0.193 e. The van der Waals surface area contributed by atoms with E-state index >= 15 is 0 Å². The van der Waals surface area contributed by atoms with Gasteiger partial charge < -0.3 is 24.4 Å². The van der Waals surface area contributed by atoms with Crippen molar-refractivity contribution in [2.45, 2.75) is 25.8 Å². The lowest BCUT2D eigenvalue weighted by Gasteiger charge is -2.27. The van der Waals surface area contributed by atoms with E-state index in [0.717, 1.165) is 48.7 Å². The third-order valence-corrected chi connectivity index (χ3v) is 4.69. The zero-order valence-electron chi connectivity index (χ0n) is 16.3. The van der Waals surface area contributed by atoms with E-state index in [9.17, 15) is 0 Å². The molecule has 0 radical (unpaired) electrons. The number of hydrogen-bond donors (Lipinski definition) is 1. The second-order valence-corrected chi connectivity index (χ2v) is 6.36. The number of hydrogen-bond acceptors (Lipinski definition) is 4. The van der Waals surface area contributed by atoms with Crippen LogP contribution in [0.3, 0.4) is 0 Å². The molecule has 0 saturated carbocycles. The maximum absolute atomic E-state index is 5.43. The molecule has 1 aliphatic heterocycles. The third kappa shape index (κ3) is 6.83. The van der Waals surface area contributed by atoms with E-state index in [4.69, 9.17) is 14.2 Å². The molecule has 1 heterocycles. The monoisotopic (exact) mass is 477 g/mol. The first-order valence-electron chi connectivity index (χ1n) is 8.88. The molecule has 1 aromatic carbocycles. The van der Waals surface area contributed by atoms with Crippen molar-refractivity contribution in [1.82, 2.24) is 10.2 Å². The van der Waals surface area contributed by atoms with Crippen molar-refractivity contribution >= 4 is 29.9 Å². The fraction of sp³-hybridized carbons (Fsp3) is 0.632. The minimum absolute atomic E-state index is 0. The molecule has 1 saturated heterocycles. The summed E-state index contributed by atoms with van der Waals surface area (Å²) in [5, 5.41) is 3.42. The maximum atomic E-state index is 5.43. The van der Waals surface area contributed by atoms with Crippen molar-refractivity contribution in [3.63, 3.8) is 0 Å². The van der Waals surface area contributed by atoms with Gasteiger partial charge in [-0.1, -0.05) is 6.07 Å². The number of ether oxygens (including phenoxy) is 3. The quantitative estimate of drug-likeness (QED) is 0.372. The first-order valence-corrected chi connectivity index (χ1v) is 8.88. The lowest BCUT2D eigenvalue weighted by molar-refractivity contribution is 0.0625. The minimum Gasteiger partial charge on any atom is -0.493 e. The minimum atomic E-state index is 0. The highest BCUT2D eigenvalue weighted by molar-refractivity contribution is 14.0. The predicted octanol–water partition coefficient (Wildman–Crippen LogP) is 3.15. The predicted molar refractivity (Wildman–Crippen MR) is 116 cm³/mol. The summed E-state index contributed by atoms with van der Waals surface area (Å²) in [6, 6.07) is 5.94. The Kier molecular flexibility index (Phi) is 10.7. The number of aliphatic imine (C=N–C) groups is 1. The van der Waals surface area contributed by atoms with Crippen LogP contribution in [0.2, 0.25) is 0 Å². The number of rotatable bonds is 7. The van der Waals surface area contributed by atoms with Gasteiger partial charge >= 0.3 is 0 Å². The largest absolute Gasteiger partial charge is 0.493 e. The average molecular weight is 477 g/mol. The summed E-state index contributed by atoms with van der Waals surface area (Å²) >= 11 is 0. The molecule has 0 unspecified atom stereocenters. The lowest BCUT2D eigenvalue weighted by atomic mass is 9.96. The number of nitrogens with zero attached hydrogens (tertiary/aromatic N) is 2. The molecule has 7 heteroatoms. The van der Waals surface area contributed by atoms with E-state index in [1.54, 1.807) is 14.2 Å². The van der Waals surface area contributed by atoms with Gasteiger partial charge in [0.1, 0.15) is 0 Å². The molecule has 26 heavy (non-hydrogen) atoms. The molecule has 0 aliphatic carbocycles. The van der Waals surface area contributed by atoms with Crippen molar-refractivity contribution in [3.8, 4) is 11.5 Å². The Morgan fingerprint density at radius 2 is 1.92 bits per heavy atom. The average Bonchev–Trinajstić information content (AvgIpc) is 2.67. The van der Waals surface area contributed by atoms with Gasteiger partial charge in [-0.2, -0.15) is 0 Å². The van der Waals surface area contributed by atoms with Crippen LogP contribution in [0.1, 0.15) is 24.8 Å². The first kappa shape index (κ1) is 22.8. The number of guanidine groups is 1. The van der Waals surface area contributed by atoms with Gasteiger partial charge in [-0.15, -0.1) is 24.0 Å². The number of methoxy groups -OCH3 is 2. The summed E-state index contributed by atoms with van der Waals surface area (Å²) in [5.74, 6) is 3.15. The molecule has 1 fully saturated rings. The summed E-state index contributed by atoms with van der Waals surface area (Å²) in [4.78, 5) is 6.58. The van der Waals surface area contributed by atoms with Crippen LogP contribution in [-0.2, 0) is 11.3 Å². The van der Waals surface area contributed by atoms with Gasteiger partial charge in [-0.05, 0) is 42.9 Å². The summed E-state index contributed by atoms with van der Waals surface area (Å²) in [6.07, 6.45) is 3.52. The Labute approximate surface area is 174 Å². The smallest absolute Gasteiger partial charge is 0.193 e. The van der Waals surface area contributed by atoms with E-state index in [1.165, 1.54) is 19.3 Å². The molecule has 0 bridgehead atoms. The Bertz CT molecular complexity index is 563. The van der Waals surface area contributed by atoms with Crippen LogP contribution in [0.15, 0.2) is 23.2 Å². The molecule has 0 spiro atoms. The molecular formula is C19H32IN3O3. The fourth-order valence-electron chi connectivity index (χ4n) is 3.07. The van der Waals surface area contributed by atoms with Crippen LogP contribution in [0.4, 0.5) is 0 Å². The van der Waals surface area contributed by atoms with Gasteiger partial charge in [-0.3, -0.25) is 4.99 Å². The molecule has 2 rings (SSSR count). The Morgan fingerprint density at radius 3 is 2.54 bits per heavy atom. The topological polar surface area (TPSA) is 55.3 Å². The van der Waals surface area contributed by atoms with Crippen molar-refractivity contribution in [3.05, 3.63) is 23.8 Å². The summed E-state index contributed by atoms with van der Waals surface area (Å²) in [5.41, 5.74) is 1.12. The second-order valence-electron chi connectivity index (χ2n) is 6.36. The SMILES string of the molecule is CN=C(NCc1ccc(OC)c(OC)c1)N(C)CCC1CCOCC1.I. The van der Waals surface area contributed by atoms with E-state index < -0.39 is 0 Å². The van der Waals surface area contributed by atoms with Gasteiger partial charge in [0.05, 0.1) is 14.2 Å². The molecule has 0 amide bonds. The van der Waals surface area contributed by atoms with Crippen LogP contribution >= 0.6 is 24.0 Å². The van der Waals surface area contributed by atoms with Crippen LogP contribution in [0.25, 0.3) is 0 Å². The highest BCUT2D eigenvalue weighted by atomic mass is 127. The van der Waals surface area contributed by atoms with Crippen LogP contribution < -0.4 is 14.8 Å². The standard InChI is InChI=1S/C19H31N3O3.HI/c1-20-19(22(2)10-7-15-8-11-25-12-9-15)21-14-16-5-6-17(23-3)18(13-16)24-4;/h5-6,13,15H,7-12,14H2,1-4H3,(H,20,21);1H. The van der Waals surface area contributed by atoms with E-state index in [0.29, 0.717) is 6.54 Å². The summed E-state index contributed by atoms with van der Waals surface area (Å²) in [7, 11) is 7.20. The molecule has 0 aromatic heterocycles. The molecule has 6 nitrogen and oxygen atoms in total. The Balaban J connectivity index is 0.00000338. The zero-order valence-corrected chi connectivity index (χ0v) is 18.6. The Hall–Kier alpha value is -1.22. The molecule has 148 valence electrons. The number of halogens is 1. The van der Waals surface area contributed by atoms with Gasteiger partial charge in [0, 0.05) is 40.4 Å². The molecule has 1 aromatic rings. The normalized spacial score (nSPS) is 15.2. The second kappa shape index (κ2) is 12.2.